The van der Waals surface area contributed by atoms with E-state index < -0.39 is 187 Å². The van der Waals surface area contributed by atoms with Crippen LogP contribution in [0.5, 0.6) is 0 Å². The number of allylic oxidation sites excluding steroid dienone is 2. The van der Waals surface area contributed by atoms with Gasteiger partial charge in [0, 0.05) is 74.2 Å². The molecule has 0 saturated carbocycles. The number of Topliss-reactive ketones (excluding diaryl/α,β-unsaturated/α-hetero) is 2. The molecule has 496 valence electrons. The molecule has 1 aromatic carbocycles. The molecule has 8 amide bonds. The number of carboxylic acid groups (broad SMARTS) is 3. The Bertz CT molecular complexity index is 3760. The van der Waals surface area contributed by atoms with Crippen LogP contribution in [-0.4, -0.2) is 226 Å². The maximum atomic E-state index is 13.9. The topological polar surface area (TPSA) is 568 Å². The quantitative estimate of drug-likeness (QED) is 0.00721. The molecule has 17 N–H and O–H groups in total. The number of fused-ring (bicyclic) bond motifs is 5. The molecule has 3 fully saturated rings. The van der Waals surface area contributed by atoms with Crippen LogP contribution in [0.25, 0.3) is 11.2 Å². The third-order valence-corrected chi connectivity index (χ3v) is 17.2. The van der Waals surface area contributed by atoms with Gasteiger partial charge in [-0.2, -0.15) is 4.98 Å². The summed E-state index contributed by atoms with van der Waals surface area (Å²) in [5.41, 5.74) is 20.4. The van der Waals surface area contributed by atoms with E-state index in [9.17, 15) is 82.4 Å². The van der Waals surface area contributed by atoms with Crippen LogP contribution in [0.15, 0.2) is 62.9 Å². The zero-order valence-corrected chi connectivity index (χ0v) is 50.6. The summed E-state index contributed by atoms with van der Waals surface area (Å²) in [5.74, 6) is -14.7. The predicted octanol–water partition coefficient (Wildman–Crippen LogP) is -4.52. The Morgan fingerprint density at radius 1 is 0.860 bits per heavy atom. The fourth-order valence-electron chi connectivity index (χ4n) is 11.5. The van der Waals surface area contributed by atoms with Gasteiger partial charge in [0.1, 0.15) is 36.8 Å². The van der Waals surface area contributed by atoms with Gasteiger partial charge in [-0.05, 0) is 50.5 Å². The van der Waals surface area contributed by atoms with E-state index in [0.29, 0.717) is 23.1 Å². The van der Waals surface area contributed by atoms with Crippen molar-refractivity contribution in [1.82, 2.24) is 55.9 Å². The van der Waals surface area contributed by atoms with Crippen molar-refractivity contribution >= 4 is 117 Å². The summed E-state index contributed by atoms with van der Waals surface area (Å²) in [5, 5.41) is 40.8. The number of thioether (sulfide) groups is 1. The number of likely N-dealkylation sites (tertiary alicyclic amines) is 1. The molecule has 2 aromatic heterocycles. The van der Waals surface area contributed by atoms with Crippen molar-refractivity contribution in [2.75, 3.05) is 57.3 Å². The summed E-state index contributed by atoms with van der Waals surface area (Å²) in [6.07, 6.45) is -3.15. The number of nitrogens with one attached hydrogen (secondary N) is 6. The highest BCUT2D eigenvalue weighted by Gasteiger charge is 2.77. The number of aliphatic imine (C=N–C) groups is 1. The summed E-state index contributed by atoms with van der Waals surface area (Å²) in [6, 6.07) is -2.70. The number of aromatic nitrogens is 4. The van der Waals surface area contributed by atoms with Gasteiger partial charge in [-0.15, -0.1) is 11.8 Å². The molecule has 0 radical (unpaired) electrons. The first-order valence-corrected chi connectivity index (χ1v) is 29.5. The van der Waals surface area contributed by atoms with Crippen LogP contribution in [0.1, 0.15) is 67.9 Å². The van der Waals surface area contributed by atoms with Crippen molar-refractivity contribution in [1.29, 1.82) is 0 Å². The van der Waals surface area contributed by atoms with Crippen LogP contribution >= 0.6 is 11.8 Å². The van der Waals surface area contributed by atoms with Gasteiger partial charge in [0.15, 0.2) is 28.6 Å². The van der Waals surface area contributed by atoms with Crippen molar-refractivity contribution in [3.63, 3.8) is 0 Å². The first-order chi connectivity index (χ1) is 44.1. The van der Waals surface area contributed by atoms with Crippen molar-refractivity contribution < 1.29 is 91.9 Å². The number of carbonyl (C=O) groups is 13. The predicted molar refractivity (Wildman–Crippen MR) is 319 cm³/mol. The zero-order valence-electron chi connectivity index (χ0n) is 49.8. The number of nitrogens with two attached hydrogens (primary N) is 4. The lowest BCUT2D eigenvalue weighted by Crippen LogP contribution is -2.56. The van der Waals surface area contributed by atoms with E-state index in [0.717, 1.165) is 4.90 Å². The SMILES string of the molecule is COC1=C(C)C(=O)C2=C(C1=O)[C@H](COC(N)=O)[C@]1(OC)[C@H]3[C@@H](CN21)N3C(=O)CCN1C(=O)CC(SC[C@@H](NC(=O)[C@@H](CC(=O)O)NC(=O)[C@@H](CCCN=C(N)N)NC(=O)CC[C@@H](NC(=O)c2ccc(NCc3cnc4nc(N)[nH]c(=O)c4n3)cc2)C(=O)O)C(=O)O)C1=O. The second-order valence-corrected chi connectivity index (χ2v) is 23.0. The Morgan fingerprint density at radius 2 is 1.55 bits per heavy atom. The fraction of sp³-hybridized carbons (Fsp3) is 0.455. The van der Waals surface area contributed by atoms with Gasteiger partial charge in [-0.25, -0.2) is 24.4 Å². The normalized spacial score (nSPS) is 20.8. The monoisotopic (exact) mass is 1320 g/mol. The number of H-pyrrole nitrogens is 1. The maximum absolute atomic E-state index is 13.9. The average Bonchev–Trinajstić information content (AvgIpc) is 1.49. The van der Waals surface area contributed by atoms with Crippen LogP contribution < -0.4 is 55.1 Å². The van der Waals surface area contributed by atoms with Crippen molar-refractivity contribution in [3.05, 3.63) is 74.7 Å². The molecule has 0 bridgehead atoms. The van der Waals surface area contributed by atoms with Gasteiger partial charge >= 0.3 is 24.0 Å². The number of methoxy groups -OCH3 is 2. The molecule has 4 aliphatic heterocycles. The molecule has 9 atom stereocenters. The number of guanidine groups is 1. The van der Waals surface area contributed by atoms with Gasteiger partial charge in [-0.3, -0.25) is 67.6 Å². The van der Waals surface area contributed by atoms with Crippen LogP contribution in [0.2, 0.25) is 0 Å². The number of carboxylic acids is 3. The Labute approximate surface area is 529 Å². The van der Waals surface area contributed by atoms with E-state index in [-0.39, 0.29) is 83.7 Å². The highest BCUT2D eigenvalue weighted by atomic mass is 32.2. The molecule has 38 heteroatoms. The Balaban J connectivity index is 0.832. The number of aromatic amines is 1. The number of rotatable bonds is 31. The standard InChI is InChI=1S/C55H65N17O20S/c1-22-40(78)39-37(41(79)42(22)90-2)26(20-92-54(59)89)55(91-3)43-31(19-71(39)55)72(43)34(74)12-14-70-35(75)16-32(49(70)84)93-21-30(51(87)88)67-47(82)29(15-36(76)77)66-46(81)27(5-4-13-60-52(56)57)64-33(73)11-10-28(50(85)86)65-45(80)23-6-8-24(9-7-23)61-17-25-18-62-44-38(63-25)48(83)69-53(58)68-44/h6-9,18,26-32,43,61H,4-5,10-17,19-21H2,1-3H3,(H2,59,89)(H,64,73)(H,65,80)(H,66,81)(H,67,82)(H,76,77)(H,85,86)(H,87,88)(H4,56,57,60)(H3,58,62,68,69,83)/t26-,27+,28+,29+,30+,31+,32?,43+,55-,72?/m0/s1. The highest BCUT2D eigenvalue weighted by molar-refractivity contribution is 8.00. The van der Waals surface area contributed by atoms with E-state index in [2.05, 4.69) is 51.5 Å². The van der Waals surface area contributed by atoms with Crippen LogP contribution in [-0.2, 0) is 73.5 Å². The fourth-order valence-corrected chi connectivity index (χ4v) is 12.7. The van der Waals surface area contributed by atoms with E-state index in [1.165, 1.54) is 56.5 Å². The zero-order chi connectivity index (χ0) is 67.9. The second-order valence-electron chi connectivity index (χ2n) is 21.7. The minimum Gasteiger partial charge on any atom is -0.492 e. The molecule has 6 heterocycles. The number of nitrogen functional groups attached to an aromatic ring is 1. The van der Waals surface area contributed by atoms with Gasteiger partial charge in [-0.1, -0.05) is 0 Å². The van der Waals surface area contributed by atoms with Crippen LogP contribution in [0, 0.1) is 5.92 Å². The number of benzene rings is 1. The molecule has 1 aliphatic carbocycles. The van der Waals surface area contributed by atoms with Gasteiger partial charge in [0.05, 0.1) is 54.9 Å². The number of piperazine rings is 1. The number of carbonyl (C=O) groups excluding carboxylic acids is 10. The van der Waals surface area contributed by atoms with Gasteiger partial charge in [0.2, 0.25) is 53.0 Å². The number of aliphatic carboxylic acids is 3. The van der Waals surface area contributed by atoms with Crippen LogP contribution in [0.4, 0.5) is 16.4 Å². The lowest BCUT2D eigenvalue weighted by Gasteiger charge is -2.41. The summed E-state index contributed by atoms with van der Waals surface area (Å²) < 4.78 is 16.5. The molecule has 0 spiro atoms. The summed E-state index contributed by atoms with van der Waals surface area (Å²) in [7, 11) is 2.51. The molecule has 93 heavy (non-hydrogen) atoms. The summed E-state index contributed by atoms with van der Waals surface area (Å²) in [6.45, 7) is 0.497. The number of primary amides is 1. The van der Waals surface area contributed by atoms with Gasteiger partial charge < -0.3 is 88.8 Å². The minimum atomic E-state index is -1.99. The van der Waals surface area contributed by atoms with E-state index in [1.54, 1.807) is 4.90 Å². The van der Waals surface area contributed by atoms with Crippen LogP contribution in [0.3, 0.4) is 0 Å². The number of amides is 8. The lowest BCUT2D eigenvalue weighted by molar-refractivity contribution is -0.153. The number of imide groups is 1. The average molecular weight is 1320 g/mol. The number of anilines is 2. The molecular formula is C55H65N17O20S. The van der Waals surface area contributed by atoms with Crippen molar-refractivity contribution in [3.8, 4) is 0 Å². The first-order valence-electron chi connectivity index (χ1n) is 28.5. The molecule has 3 saturated heterocycles. The molecule has 5 aliphatic rings. The largest absolute Gasteiger partial charge is 0.492 e. The number of hydrogen-bond acceptors (Lipinski definition) is 25. The third kappa shape index (κ3) is 14.9. The first kappa shape index (κ1) is 68.1. The lowest BCUT2D eigenvalue weighted by atomic mass is 9.83. The van der Waals surface area contributed by atoms with E-state index in [1.807, 2.05) is 0 Å². The smallest absolute Gasteiger partial charge is 0.404 e. The second kappa shape index (κ2) is 28.6. The minimum absolute atomic E-state index is 0.00159. The molecule has 1 unspecified atom stereocenters. The van der Waals surface area contributed by atoms with E-state index >= 15 is 0 Å². The highest BCUT2D eigenvalue weighted by Crippen LogP contribution is 2.60. The van der Waals surface area contributed by atoms with E-state index in [4.69, 9.17) is 37.1 Å². The number of ketones is 2. The molecule has 3 aromatic rings. The number of nitrogens with zero attached hydrogens (tertiary/aromatic N) is 7. The number of ether oxygens (including phenoxy) is 3. The molecule has 37 nitrogen and oxygen atoms in total. The third-order valence-electron chi connectivity index (χ3n) is 15.9. The molecule has 8 rings (SSSR count). The molecular weight excluding hydrogens is 1250 g/mol. The summed E-state index contributed by atoms with van der Waals surface area (Å²) >= 11 is 0.654. The van der Waals surface area contributed by atoms with Gasteiger partial charge in [0.25, 0.3) is 11.5 Å². The maximum Gasteiger partial charge on any atom is 0.404 e. The number of hydrogen-bond donors (Lipinski definition) is 13. The summed E-state index contributed by atoms with van der Waals surface area (Å²) in [4.78, 5) is 206. The van der Waals surface area contributed by atoms with Crippen molar-refractivity contribution in [2.45, 2.75) is 106 Å². The Hall–Kier alpha value is -10.8. The Kier molecular flexibility index (Phi) is 20.9. The van der Waals surface area contributed by atoms with Crippen molar-refractivity contribution in [2.24, 2.45) is 28.1 Å². The Morgan fingerprint density at radius 3 is 2.19 bits per heavy atom.